The summed E-state index contributed by atoms with van der Waals surface area (Å²) in [5.74, 6) is -2.09. The average Bonchev–Trinajstić information content (AvgIpc) is 3.26. The van der Waals surface area contributed by atoms with E-state index in [1.54, 1.807) is 0 Å². The van der Waals surface area contributed by atoms with E-state index in [9.17, 15) is 18.0 Å². The third kappa shape index (κ3) is 3.62. The van der Waals surface area contributed by atoms with Gasteiger partial charge in [-0.1, -0.05) is 11.6 Å². The normalized spacial score (nSPS) is 11.4. The third-order valence-electron chi connectivity index (χ3n) is 3.04. The van der Waals surface area contributed by atoms with Crippen molar-refractivity contribution in [1.29, 1.82) is 0 Å². The molecule has 9 nitrogen and oxygen atoms in total. The van der Waals surface area contributed by atoms with Crippen molar-refractivity contribution < 1.29 is 18.0 Å². The quantitative estimate of drug-likeness (QED) is 0.483. The summed E-state index contributed by atoms with van der Waals surface area (Å²) >= 11 is 6.71. The van der Waals surface area contributed by atoms with Crippen molar-refractivity contribution in [3.63, 3.8) is 0 Å². The molecule has 0 saturated carbocycles. The Hall–Kier alpha value is -2.50. The number of sulfone groups is 1. The van der Waals surface area contributed by atoms with Crippen LogP contribution in [0.15, 0.2) is 39.6 Å². The number of Topliss-reactive ketones (excluding diaryl/α,β-unsaturated/α-hetero) is 2. The lowest BCUT2D eigenvalue weighted by Crippen LogP contribution is -2.18. The van der Waals surface area contributed by atoms with Gasteiger partial charge in [0.05, 0.1) is 11.3 Å². The molecule has 0 fully saturated rings. The molecule has 25 heavy (non-hydrogen) atoms. The summed E-state index contributed by atoms with van der Waals surface area (Å²) in [4.78, 5) is 27.7. The van der Waals surface area contributed by atoms with Gasteiger partial charge in [-0.15, -0.1) is 21.5 Å². The van der Waals surface area contributed by atoms with Crippen molar-refractivity contribution in [2.45, 2.75) is 16.3 Å². The minimum absolute atomic E-state index is 0.0305. The van der Waals surface area contributed by atoms with Crippen molar-refractivity contribution in [3.05, 3.63) is 45.5 Å². The number of tetrazole rings is 1. The second kappa shape index (κ2) is 6.78. The van der Waals surface area contributed by atoms with Gasteiger partial charge < -0.3 is 0 Å². The van der Waals surface area contributed by atoms with Gasteiger partial charge in [-0.2, -0.15) is 5.21 Å². The molecule has 2 heterocycles. The maximum Gasteiger partial charge on any atom is 0.269 e. The number of benzene rings is 1. The molecule has 0 bridgehead atoms. The number of nitrogens with one attached hydrogen (secondary N) is 1. The molecule has 128 valence electrons. The summed E-state index contributed by atoms with van der Waals surface area (Å²) in [6, 6.07) is 5.63. The molecule has 3 aromatic rings. The number of carbonyl (C=O) groups is 2. The Morgan fingerprint density at radius 2 is 1.92 bits per heavy atom. The van der Waals surface area contributed by atoms with E-state index in [1.165, 1.54) is 29.6 Å². The predicted molar refractivity (Wildman–Crippen MR) is 86.2 cm³/mol. The van der Waals surface area contributed by atoms with Crippen LogP contribution in [0.5, 0.6) is 0 Å². The summed E-state index contributed by atoms with van der Waals surface area (Å²) in [6.45, 7) is 0. The van der Waals surface area contributed by atoms with E-state index in [-0.39, 0.29) is 27.2 Å². The van der Waals surface area contributed by atoms with Crippen molar-refractivity contribution in [2.24, 2.45) is 0 Å². The van der Waals surface area contributed by atoms with Gasteiger partial charge >= 0.3 is 0 Å². The number of nitrogens with zero attached hydrogens (tertiary/aromatic N) is 4. The standard InChI is InChI=1S/C13H8ClN5O4S2/c14-7-1-3-8(4-2-7)25(22,23)11-6-24-10(15-11)5-9(20)12(21)13-16-18-19-17-13/h1-4,6H,5H2,(H,16,17,18,19). The first-order valence-corrected chi connectivity index (χ1v) is 9.38. The Morgan fingerprint density at radius 1 is 1.20 bits per heavy atom. The number of halogens is 1. The van der Waals surface area contributed by atoms with Crippen LogP contribution in [0.4, 0.5) is 0 Å². The smallest absolute Gasteiger partial charge is 0.269 e. The van der Waals surface area contributed by atoms with Crippen LogP contribution in [0, 0.1) is 0 Å². The highest BCUT2D eigenvalue weighted by molar-refractivity contribution is 7.91. The van der Waals surface area contributed by atoms with Crippen molar-refractivity contribution in [2.75, 3.05) is 0 Å². The molecule has 0 unspecified atom stereocenters. The van der Waals surface area contributed by atoms with Crippen LogP contribution in [0.2, 0.25) is 5.02 Å². The van der Waals surface area contributed by atoms with Crippen LogP contribution in [-0.4, -0.2) is 45.6 Å². The fourth-order valence-electron chi connectivity index (χ4n) is 1.83. The zero-order valence-electron chi connectivity index (χ0n) is 12.2. The third-order valence-corrected chi connectivity index (χ3v) is 5.95. The van der Waals surface area contributed by atoms with Crippen LogP contribution in [0.1, 0.15) is 15.6 Å². The molecule has 0 atom stereocenters. The zero-order valence-corrected chi connectivity index (χ0v) is 14.6. The SMILES string of the molecule is O=C(Cc1nc(S(=O)(=O)c2ccc(Cl)cc2)cs1)C(=O)c1nn[nH]n1. The molecule has 0 saturated heterocycles. The summed E-state index contributed by atoms with van der Waals surface area (Å²) in [7, 11) is -3.83. The Kier molecular flexibility index (Phi) is 4.70. The van der Waals surface area contributed by atoms with Gasteiger partial charge in [0.15, 0.2) is 5.03 Å². The lowest BCUT2D eigenvalue weighted by Gasteiger charge is -2.00. The number of aromatic nitrogens is 5. The molecule has 12 heteroatoms. The second-order valence-corrected chi connectivity index (χ2v) is 7.98. The van der Waals surface area contributed by atoms with Crippen LogP contribution in [-0.2, 0) is 21.1 Å². The van der Waals surface area contributed by atoms with Crippen LogP contribution < -0.4 is 0 Å². The van der Waals surface area contributed by atoms with Crippen molar-refractivity contribution in [1.82, 2.24) is 25.6 Å². The number of rotatable bonds is 6. The number of thiazole rings is 1. The molecule has 1 N–H and O–H groups in total. The minimum Gasteiger partial charge on any atom is -0.290 e. The van der Waals surface area contributed by atoms with Gasteiger partial charge in [0.1, 0.15) is 5.01 Å². The van der Waals surface area contributed by atoms with E-state index in [2.05, 4.69) is 25.6 Å². The van der Waals surface area contributed by atoms with Gasteiger partial charge in [0.25, 0.3) is 5.78 Å². The maximum absolute atomic E-state index is 12.5. The van der Waals surface area contributed by atoms with E-state index in [1.807, 2.05) is 0 Å². The Morgan fingerprint density at radius 3 is 2.56 bits per heavy atom. The molecule has 3 rings (SSSR count). The maximum atomic E-state index is 12.5. The number of hydrogen-bond acceptors (Lipinski definition) is 9. The number of hydrogen-bond donors (Lipinski definition) is 1. The summed E-state index contributed by atoms with van der Waals surface area (Å²) < 4.78 is 25.0. The highest BCUT2D eigenvalue weighted by atomic mass is 35.5. The molecular formula is C13H8ClN5O4S2. The number of aromatic amines is 1. The van der Waals surface area contributed by atoms with E-state index in [0.717, 1.165) is 11.3 Å². The molecule has 0 radical (unpaired) electrons. The monoisotopic (exact) mass is 397 g/mol. The lowest BCUT2D eigenvalue weighted by molar-refractivity contribution is -0.114. The van der Waals surface area contributed by atoms with Gasteiger partial charge in [0.2, 0.25) is 21.4 Å². The zero-order chi connectivity index (χ0) is 18.0. The Balaban J connectivity index is 1.79. The predicted octanol–water partition coefficient (Wildman–Crippen LogP) is 1.14. The fraction of sp³-hybridized carbons (Fsp3) is 0.0769. The number of ketones is 2. The van der Waals surface area contributed by atoms with Crippen LogP contribution in [0.3, 0.4) is 0 Å². The number of carbonyl (C=O) groups excluding carboxylic acids is 2. The lowest BCUT2D eigenvalue weighted by atomic mass is 10.2. The van der Waals surface area contributed by atoms with Gasteiger partial charge in [-0.25, -0.2) is 13.4 Å². The van der Waals surface area contributed by atoms with E-state index >= 15 is 0 Å². The summed E-state index contributed by atoms with van der Waals surface area (Å²) in [5, 5.41) is 13.8. The summed E-state index contributed by atoms with van der Waals surface area (Å²) in [5.41, 5.74) is 0. The highest BCUT2D eigenvalue weighted by Crippen LogP contribution is 2.24. The Labute approximate surface area is 150 Å². The topological polar surface area (TPSA) is 136 Å². The minimum atomic E-state index is -3.83. The van der Waals surface area contributed by atoms with E-state index in [4.69, 9.17) is 11.6 Å². The average molecular weight is 398 g/mol. The molecule has 0 spiro atoms. The Bertz CT molecular complexity index is 1030. The first-order chi connectivity index (χ1) is 11.9. The largest absolute Gasteiger partial charge is 0.290 e. The molecule has 0 aliphatic carbocycles. The second-order valence-electron chi connectivity index (χ2n) is 4.70. The molecule has 0 aliphatic heterocycles. The van der Waals surface area contributed by atoms with E-state index < -0.39 is 21.4 Å². The molecule has 2 aromatic heterocycles. The first kappa shape index (κ1) is 17.3. The van der Waals surface area contributed by atoms with Crippen LogP contribution >= 0.6 is 22.9 Å². The molecule has 1 aromatic carbocycles. The van der Waals surface area contributed by atoms with Crippen LogP contribution in [0.25, 0.3) is 0 Å². The summed E-state index contributed by atoms with van der Waals surface area (Å²) in [6.07, 6.45) is -0.353. The number of H-pyrrole nitrogens is 1. The molecule has 0 amide bonds. The highest BCUT2D eigenvalue weighted by Gasteiger charge is 2.25. The van der Waals surface area contributed by atoms with E-state index in [0.29, 0.717) is 5.02 Å². The first-order valence-electron chi connectivity index (χ1n) is 6.64. The van der Waals surface area contributed by atoms with Crippen molar-refractivity contribution >= 4 is 44.3 Å². The van der Waals surface area contributed by atoms with Gasteiger partial charge in [-0.05, 0) is 29.5 Å². The fourth-order valence-corrected chi connectivity index (χ4v) is 4.29. The van der Waals surface area contributed by atoms with Gasteiger partial charge in [-0.3, -0.25) is 9.59 Å². The van der Waals surface area contributed by atoms with Crippen molar-refractivity contribution in [3.8, 4) is 0 Å². The molecule has 0 aliphatic rings. The van der Waals surface area contributed by atoms with Gasteiger partial charge in [0, 0.05) is 10.4 Å². The molecular weight excluding hydrogens is 390 g/mol.